The summed E-state index contributed by atoms with van der Waals surface area (Å²) in [4.78, 5) is 39.3. The second-order valence-electron chi connectivity index (χ2n) is 5.39. The Hall–Kier alpha value is -3.29. The first-order chi connectivity index (χ1) is 12.2. The predicted octanol–water partition coefficient (Wildman–Crippen LogP) is 1.09. The van der Waals surface area contributed by atoms with E-state index in [4.69, 9.17) is 5.26 Å². The van der Waals surface area contributed by atoms with E-state index >= 15 is 0 Å². The molecule has 0 aliphatic carbocycles. The van der Waals surface area contributed by atoms with Gasteiger partial charge in [0.2, 0.25) is 0 Å². The van der Waals surface area contributed by atoms with E-state index in [2.05, 4.69) is 10.2 Å². The van der Waals surface area contributed by atoms with E-state index in [-0.39, 0.29) is 12.5 Å². The van der Waals surface area contributed by atoms with Gasteiger partial charge in [-0.05, 0) is 30.7 Å². The SMILES string of the molecule is N#Cc1ccc(C(=O)N2CC[C@H](NC(=O)NOC(=O)C(F)(F)F)C2)cc1. The fourth-order valence-electron chi connectivity index (χ4n) is 2.30. The number of hydrogen-bond acceptors (Lipinski definition) is 5. The number of hydrogen-bond donors (Lipinski definition) is 2. The number of carbonyl (C=O) groups is 3. The summed E-state index contributed by atoms with van der Waals surface area (Å²) in [7, 11) is 0. The number of amides is 3. The van der Waals surface area contributed by atoms with Crippen LogP contribution in [-0.4, -0.2) is 48.1 Å². The Balaban J connectivity index is 1.82. The largest absolute Gasteiger partial charge is 0.493 e. The minimum atomic E-state index is -5.22. The molecule has 11 heteroatoms. The molecule has 0 bridgehead atoms. The van der Waals surface area contributed by atoms with Crippen molar-refractivity contribution in [1.82, 2.24) is 15.7 Å². The number of likely N-dealkylation sites (tertiary alicyclic amines) is 1. The molecular weight excluding hydrogens is 357 g/mol. The summed E-state index contributed by atoms with van der Waals surface area (Å²) in [6.45, 7) is 0.464. The van der Waals surface area contributed by atoms with Crippen molar-refractivity contribution in [1.29, 1.82) is 5.26 Å². The average Bonchev–Trinajstić information content (AvgIpc) is 3.06. The molecule has 8 nitrogen and oxygen atoms in total. The van der Waals surface area contributed by atoms with Gasteiger partial charge in [0.05, 0.1) is 11.6 Å². The number of halogens is 3. The van der Waals surface area contributed by atoms with Gasteiger partial charge in [-0.1, -0.05) is 0 Å². The maximum Gasteiger partial charge on any atom is 0.493 e. The number of rotatable bonds is 2. The molecule has 1 aliphatic rings. The molecule has 0 radical (unpaired) electrons. The third-order valence-corrected chi connectivity index (χ3v) is 3.54. The molecule has 1 aliphatic heterocycles. The average molecular weight is 370 g/mol. The topological polar surface area (TPSA) is 112 Å². The summed E-state index contributed by atoms with van der Waals surface area (Å²) in [5.74, 6) is -2.85. The van der Waals surface area contributed by atoms with Crippen molar-refractivity contribution in [2.24, 2.45) is 0 Å². The van der Waals surface area contributed by atoms with Crippen LogP contribution in [0.5, 0.6) is 0 Å². The Morgan fingerprint density at radius 2 is 1.88 bits per heavy atom. The van der Waals surface area contributed by atoms with Crippen LogP contribution in [0.25, 0.3) is 0 Å². The highest BCUT2D eigenvalue weighted by Gasteiger charge is 2.42. The van der Waals surface area contributed by atoms with Crippen LogP contribution in [0.3, 0.4) is 0 Å². The third-order valence-electron chi connectivity index (χ3n) is 3.54. The van der Waals surface area contributed by atoms with E-state index in [0.29, 0.717) is 24.1 Å². The number of alkyl halides is 3. The van der Waals surface area contributed by atoms with Crippen LogP contribution >= 0.6 is 0 Å². The van der Waals surface area contributed by atoms with E-state index in [1.807, 2.05) is 6.07 Å². The summed E-state index contributed by atoms with van der Waals surface area (Å²) >= 11 is 0. The first kappa shape index (κ1) is 19.0. The normalized spacial score (nSPS) is 16.5. The van der Waals surface area contributed by atoms with Crippen molar-refractivity contribution in [3.8, 4) is 6.07 Å². The zero-order valence-electron chi connectivity index (χ0n) is 13.2. The van der Waals surface area contributed by atoms with Crippen molar-refractivity contribution < 1.29 is 32.4 Å². The molecule has 2 rings (SSSR count). The zero-order valence-corrected chi connectivity index (χ0v) is 13.2. The summed E-state index contributed by atoms with van der Waals surface area (Å²) in [6, 6.07) is 6.31. The molecule has 0 aromatic heterocycles. The maximum atomic E-state index is 12.3. The predicted molar refractivity (Wildman–Crippen MR) is 79.3 cm³/mol. The first-order valence-electron chi connectivity index (χ1n) is 7.34. The first-order valence-corrected chi connectivity index (χ1v) is 7.34. The van der Waals surface area contributed by atoms with Crippen LogP contribution < -0.4 is 10.8 Å². The smallest absolute Gasteiger partial charge is 0.337 e. The van der Waals surface area contributed by atoms with Gasteiger partial charge >= 0.3 is 18.2 Å². The molecule has 0 spiro atoms. The number of nitrogens with one attached hydrogen (secondary N) is 2. The molecule has 26 heavy (non-hydrogen) atoms. The number of urea groups is 1. The molecule has 3 amide bonds. The van der Waals surface area contributed by atoms with E-state index < -0.39 is 24.2 Å². The van der Waals surface area contributed by atoms with E-state index in [0.717, 1.165) is 0 Å². The Bertz CT molecular complexity index is 743. The molecule has 0 unspecified atom stereocenters. The molecule has 1 aromatic carbocycles. The summed E-state index contributed by atoms with van der Waals surface area (Å²) in [5, 5.41) is 11.0. The second kappa shape index (κ2) is 7.73. The van der Waals surface area contributed by atoms with E-state index in [1.54, 1.807) is 0 Å². The standard InChI is InChI=1S/C15H13F3N4O4/c16-15(17,18)13(24)26-21-14(25)20-11-5-6-22(8-11)12(23)10-3-1-9(7-19)2-4-10/h1-4,11H,5-6,8H2,(H2,20,21,25)/t11-/m0/s1. The maximum absolute atomic E-state index is 12.3. The lowest BCUT2D eigenvalue weighted by atomic mass is 10.1. The quantitative estimate of drug-likeness (QED) is 0.757. The van der Waals surface area contributed by atoms with Gasteiger partial charge in [0, 0.05) is 24.7 Å². The van der Waals surface area contributed by atoms with Gasteiger partial charge in [-0.2, -0.15) is 23.9 Å². The molecule has 138 valence electrons. The lowest BCUT2D eigenvalue weighted by Gasteiger charge is -2.17. The van der Waals surface area contributed by atoms with Crippen LogP contribution in [0.2, 0.25) is 0 Å². The minimum absolute atomic E-state index is 0.138. The highest BCUT2D eigenvalue weighted by Crippen LogP contribution is 2.16. The lowest BCUT2D eigenvalue weighted by molar-refractivity contribution is -0.204. The highest BCUT2D eigenvalue weighted by atomic mass is 19.4. The Morgan fingerprint density at radius 1 is 1.23 bits per heavy atom. The van der Waals surface area contributed by atoms with Crippen LogP contribution in [0, 0.1) is 11.3 Å². The Kier molecular flexibility index (Phi) is 5.66. The number of benzene rings is 1. The monoisotopic (exact) mass is 370 g/mol. The zero-order chi connectivity index (χ0) is 19.3. The Labute approximate surface area is 145 Å². The fourth-order valence-corrected chi connectivity index (χ4v) is 2.30. The number of carbonyl (C=O) groups excluding carboxylic acids is 3. The van der Waals surface area contributed by atoms with E-state index in [9.17, 15) is 27.6 Å². The second-order valence-corrected chi connectivity index (χ2v) is 5.39. The molecule has 2 N–H and O–H groups in total. The number of nitrogens with zero attached hydrogens (tertiary/aromatic N) is 2. The van der Waals surface area contributed by atoms with Gasteiger partial charge in [-0.15, -0.1) is 0 Å². The van der Waals surface area contributed by atoms with Gasteiger partial charge in [0.15, 0.2) is 0 Å². The molecule has 0 saturated carbocycles. The molecular formula is C15H13F3N4O4. The third kappa shape index (κ3) is 4.85. The van der Waals surface area contributed by atoms with Crippen molar-refractivity contribution in [3.63, 3.8) is 0 Å². The molecule has 1 fully saturated rings. The number of nitriles is 1. The molecule has 1 atom stereocenters. The van der Waals surface area contributed by atoms with Gasteiger partial charge in [-0.3, -0.25) is 4.79 Å². The highest BCUT2D eigenvalue weighted by molar-refractivity contribution is 5.94. The van der Waals surface area contributed by atoms with Crippen molar-refractivity contribution in [2.45, 2.75) is 18.6 Å². The van der Waals surface area contributed by atoms with Gasteiger partial charge in [-0.25, -0.2) is 9.59 Å². The summed E-state index contributed by atoms with van der Waals surface area (Å²) in [6.07, 6.45) is -4.84. The van der Waals surface area contributed by atoms with Crippen LogP contribution in [0.4, 0.5) is 18.0 Å². The van der Waals surface area contributed by atoms with Crippen molar-refractivity contribution in [2.75, 3.05) is 13.1 Å². The van der Waals surface area contributed by atoms with Gasteiger partial charge in [0.1, 0.15) is 0 Å². The van der Waals surface area contributed by atoms with E-state index in [1.165, 1.54) is 34.6 Å². The van der Waals surface area contributed by atoms with Crippen molar-refractivity contribution >= 4 is 17.9 Å². The Morgan fingerprint density at radius 3 is 2.46 bits per heavy atom. The minimum Gasteiger partial charge on any atom is -0.337 e. The number of hydroxylamine groups is 1. The summed E-state index contributed by atoms with van der Waals surface area (Å²) in [5.41, 5.74) is 2.13. The van der Waals surface area contributed by atoms with Gasteiger partial charge < -0.3 is 15.1 Å². The molecule has 1 aromatic rings. The molecule has 1 saturated heterocycles. The molecule has 1 heterocycles. The van der Waals surface area contributed by atoms with Crippen LogP contribution in [0.15, 0.2) is 24.3 Å². The van der Waals surface area contributed by atoms with Crippen LogP contribution in [0.1, 0.15) is 22.3 Å². The van der Waals surface area contributed by atoms with Gasteiger partial charge in [0.25, 0.3) is 5.91 Å². The lowest BCUT2D eigenvalue weighted by Crippen LogP contribution is -2.45. The fraction of sp³-hybridized carbons (Fsp3) is 0.333. The van der Waals surface area contributed by atoms with Crippen molar-refractivity contribution in [3.05, 3.63) is 35.4 Å². The van der Waals surface area contributed by atoms with Crippen LogP contribution in [-0.2, 0) is 9.63 Å². The summed E-state index contributed by atoms with van der Waals surface area (Å²) < 4.78 is 35.8.